The molecule has 0 fully saturated rings. The Morgan fingerprint density at radius 3 is 2.60 bits per heavy atom. The molecule has 15 heavy (non-hydrogen) atoms. The number of nitrogens with zero attached hydrogens (tertiary/aromatic N) is 1. The first kappa shape index (κ1) is 9.34. The molecule has 2 rings (SSSR count). The van der Waals surface area contributed by atoms with E-state index in [1.165, 1.54) is 0 Å². The Kier molecular flexibility index (Phi) is 1.80. The number of hydrogen-bond donors (Lipinski definition) is 3. The lowest BCUT2D eigenvalue weighted by molar-refractivity contribution is 1.20. The minimum Gasteiger partial charge on any atom is -0.397 e. The van der Waals surface area contributed by atoms with E-state index in [0.717, 1.165) is 16.6 Å². The molecule has 76 valence electrons. The van der Waals surface area contributed by atoms with Gasteiger partial charge in [-0.2, -0.15) is 5.26 Å². The number of anilines is 1. The monoisotopic (exact) mass is 202 g/mol. The molecule has 0 aromatic carbocycles. The third-order valence-electron chi connectivity index (χ3n) is 2.62. The van der Waals surface area contributed by atoms with Crippen molar-refractivity contribution in [2.45, 2.75) is 13.8 Å². The quantitative estimate of drug-likeness (QED) is 0.592. The molecular weight excluding hydrogens is 192 g/mol. The van der Waals surface area contributed by atoms with Crippen LogP contribution >= 0.6 is 0 Å². The van der Waals surface area contributed by atoms with Gasteiger partial charge in [0.05, 0.1) is 5.69 Å². The molecule has 2 aromatic rings. The van der Waals surface area contributed by atoms with Crippen molar-refractivity contribution in [2.24, 2.45) is 0 Å². The first-order valence-corrected chi connectivity index (χ1v) is 4.47. The van der Waals surface area contributed by atoms with Crippen LogP contribution in [-0.2, 0) is 0 Å². The third-order valence-corrected chi connectivity index (χ3v) is 2.62. The molecule has 4 N–H and O–H groups in total. The van der Waals surface area contributed by atoms with Crippen molar-refractivity contribution in [3.63, 3.8) is 0 Å². The largest absolute Gasteiger partial charge is 0.397 e. The van der Waals surface area contributed by atoms with Gasteiger partial charge in [-0.15, -0.1) is 0 Å². The van der Waals surface area contributed by atoms with Crippen LogP contribution < -0.4 is 11.3 Å². The number of pyridine rings is 1. The SMILES string of the molecule is Cc1[nH]c2[nH]c(=O)c(C#N)c(N)c2c1C. The van der Waals surface area contributed by atoms with E-state index >= 15 is 0 Å². The number of H-pyrrole nitrogens is 2. The zero-order valence-corrected chi connectivity index (χ0v) is 8.43. The number of fused-ring (bicyclic) bond motifs is 1. The van der Waals surface area contributed by atoms with Gasteiger partial charge in [0.2, 0.25) is 0 Å². The summed E-state index contributed by atoms with van der Waals surface area (Å²) in [7, 11) is 0. The summed E-state index contributed by atoms with van der Waals surface area (Å²) in [6.45, 7) is 3.78. The van der Waals surface area contributed by atoms with E-state index in [-0.39, 0.29) is 11.3 Å². The summed E-state index contributed by atoms with van der Waals surface area (Å²) in [5.74, 6) is 0. The first-order chi connectivity index (χ1) is 7.06. The van der Waals surface area contributed by atoms with Crippen LogP contribution in [0.1, 0.15) is 16.8 Å². The number of aryl methyl sites for hydroxylation is 2. The Bertz CT molecular complexity index is 642. The number of aromatic amines is 2. The smallest absolute Gasteiger partial charge is 0.269 e. The van der Waals surface area contributed by atoms with Crippen LogP contribution in [0, 0.1) is 25.2 Å². The highest BCUT2D eigenvalue weighted by Crippen LogP contribution is 2.25. The molecule has 0 bridgehead atoms. The molecule has 5 heteroatoms. The predicted octanol–water partition coefficient (Wildman–Crippen LogP) is 0.927. The van der Waals surface area contributed by atoms with Gasteiger partial charge in [0, 0.05) is 11.1 Å². The average molecular weight is 202 g/mol. The highest BCUT2D eigenvalue weighted by molar-refractivity contribution is 5.94. The number of nitrogens with two attached hydrogens (primary N) is 1. The van der Waals surface area contributed by atoms with Crippen molar-refractivity contribution in [1.29, 1.82) is 5.26 Å². The molecule has 0 atom stereocenters. The van der Waals surface area contributed by atoms with Crippen molar-refractivity contribution in [2.75, 3.05) is 5.73 Å². The van der Waals surface area contributed by atoms with Gasteiger partial charge in [-0.25, -0.2) is 0 Å². The maximum Gasteiger partial charge on any atom is 0.269 e. The summed E-state index contributed by atoms with van der Waals surface area (Å²) in [6.07, 6.45) is 0. The molecular formula is C10H10N4O. The van der Waals surface area contributed by atoms with Crippen LogP contribution in [0.15, 0.2) is 4.79 Å². The van der Waals surface area contributed by atoms with Gasteiger partial charge >= 0.3 is 0 Å². The topological polar surface area (TPSA) is 98.5 Å². The van der Waals surface area contributed by atoms with E-state index < -0.39 is 5.56 Å². The Labute approximate surface area is 85.5 Å². The number of nitriles is 1. The Balaban J connectivity index is 3.07. The van der Waals surface area contributed by atoms with Crippen LogP contribution in [-0.4, -0.2) is 9.97 Å². The lowest BCUT2D eigenvalue weighted by Gasteiger charge is -1.99. The molecule has 0 saturated heterocycles. The van der Waals surface area contributed by atoms with Gasteiger partial charge in [0.15, 0.2) is 0 Å². The van der Waals surface area contributed by atoms with Gasteiger partial charge in [-0.1, -0.05) is 0 Å². The van der Waals surface area contributed by atoms with Gasteiger partial charge < -0.3 is 15.7 Å². The number of hydrogen-bond acceptors (Lipinski definition) is 3. The zero-order valence-electron chi connectivity index (χ0n) is 8.43. The molecule has 5 nitrogen and oxygen atoms in total. The molecule has 2 heterocycles. The molecule has 2 aromatic heterocycles. The molecule has 0 radical (unpaired) electrons. The van der Waals surface area contributed by atoms with Crippen LogP contribution in [0.3, 0.4) is 0 Å². The van der Waals surface area contributed by atoms with E-state index in [4.69, 9.17) is 11.0 Å². The minimum atomic E-state index is -0.455. The maximum atomic E-state index is 11.4. The number of nitrogen functional groups attached to an aromatic ring is 1. The van der Waals surface area contributed by atoms with Crippen molar-refractivity contribution in [3.05, 3.63) is 27.2 Å². The van der Waals surface area contributed by atoms with Crippen LogP contribution in [0.25, 0.3) is 11.0 Å². The first-order valence-electron chi connectivity index (χ1n) is 4.47. The lowest BCUT2D eigenvalue weighted by atomic mass is 10.1. The maximum absolute atomic E-state index is 11.4. The fraction of sp³-hybridized carbons (Fsp3) is 0.200. The molecule has 0 aliphatic carbocycles. The highest BCUT2D eigenvalue weighted by atomic mass is 16.1. The van der Waals surface area contributed by atoms with E-state index in [1.54, 1.807) is 0 Å². The summed E-state index contributed by atoms with van der Waals surface area (Å²) in [6, 6.07) is 1.81. The lowest BCUT2D eigenvalue weighted by Crippen LogP contribution is -2.13. The molecule has 0 amide bonds. The number of nitrogens with one attached hydrogen (secondary N) is 2. The second kappa shape index (κ2) is 2.89. The molecule has 0 aliphatic rings. The zero-order chi connectivity index (χ0) is 11.2. The number of aromatic nitrogens is 2. The summed E-state index contributed by atoms with van der Waals surface area (Å²) in [4.78, 5) is 17.0. The summed E-state index contributed by atoms with van der Waals surface area (Å²) in [5, 5.41) is 9.52. The number of rotatable bonds is 0. The minimum absolute atomic E-state index is 0.0235. The summed E-state index contributed by atoms with van der Waals surface area (Å²) in [5.41, 5.74) is 8.01. The Morgan fingerprint density at radius 2 is 2.00 bits per heavy atom. The molecule has 0 spiro atoms. The van der Waals surface area contributed by atoms with Gasteiger partial charge in [0.1, 0.15) is 17.3 Å². The average Bonchev–Trinajstić information content (AvgIpc) is 2.43. The fourth-order valence-corrected chi connectivity index (χ4v) is 1.68. The summed E-state index contributed by atoms with van der Waals surface area (Å²) < 4.78 is 0. The Hall–Kier alpha value is -2.22. The molecule has 0 saturated carbocycles. The second-order valence-electron chi connectivity index (χ2n) is 3.48. The van der Waals surface area contributed by atoms with E-state index in [0.29, 0.717) is 5.65 Å². The van der Waals surface area contributed by atoms with Gasteiger partial charge in [-0.3, -0.25) is 4.79 Å². The van der Waals surface area contributed by atoms with Crippen molar-refractivity contribution in [1.82, 2.24) is 9.97 Å². The van der Waals surface area contributed by atoms with Crippen molar-refractivity contribution >= 4 is 16.7 Å². The second-order valence-corrected chi connectivity index (χ2v) is 3.48. The fourth-order valence-electron chi connectivity index (χ4n) is 1.68. The molecule has 0 aliphatic heterocycles. The van der Waals surface area contributed by atoms with Gasteiger partial charge in [-0.05, 0) is 19.4 Å². The standard InChI is InChI=1S/C10H10N4O/c1-4-5(2)13-9-7(4)8(12)6(3-11)10(15)14-9/h1-2H3,(H4,12,13,14,15). The van der Waals surface area contributed by atoms with Crippen LogP contribution in [0.4, 0.5) is 5.69 Å². The van der Waals surface area contributed by atoms with E-state index in [1.807, 2.05) is 19.9 Å². The third kappa shape index (κ3) is 1.12. The van der Waals surface area contributed by atoms with E-state index in [9.17, 15) is 4.79 Å². The van der Waals surface area contributed by atoms with Gasteiger partial charge in [0.25, 0.3) is 5.56 Å². The van der Waals surface area contributed by atoms with Crippen molar-refractivity contribution in [3.8, 4) is 6.07 Å². The highest BCUT2D eigenvalue weighted by Gasteiger charge is 2.14. The normalized spacial score (nSPS) is 10.5. The van der Waals surface area contributed by atoms with Crippen LogP contribution in [0.2, 0.25) is 0 Å². The van der Waals surface area contributed by atoms with Crippen molar-refractivity contribution < 1.29 is 0 Å². The summed E-state index contributed by atoms with van der Waals surface area (Å²) >= 11 is 0. The van der Waals surface area contributed by atoms with E-state index in [2.05, 4.69) is 9.97 Å². The Morgan fingerprint density at radius 1 is 1.33 bits per heavy atom. The van der Waals surface area contributed by atoms with Crippen LogP contribution in [0.5, 0.6) is 0 Å². The molecule has 0 unspecified atom stereocenters. The predicted molar refractivity (Wildman–Crippen MR) is 57.5 cm³/mol.